The number of furan rings is 3. The zero-order valence-electron chi connectivity index (χ0n) is 55.9. The molecule has 474 valence electrons. The molecular formula is C89H75N5O3. The Morgan fingerprint density at radius 1 is 0.216 bits per heavy atom. The lowest BCUT2D eigenvalue weighted by atomic mass is 10.1. The minimum absolute atomic E-state index is 0.966. The van der Waals surface area contributed by atoms with E-state index >= 15 is 0 Å². The van der Waals surface area contributed by atoms with Crippen LogP contribution < -0.4 is 0 Å². The van der Waals surface area contributed by atoms with Crippen molar-refractivity contribution in [3.8, 4) is 0 Å². The van der Waals surface area contributed by atoms with E-state index in [1.807, 2.05) is 147 Å². The number of aromatic nitrogens is 5. The van der Waals surface area contributed by atoms with Gasteiger partial charge in [-0.1, -0.05) is 199 Å². The summed E-state index contributed by atoms with van der Waals surface area (Å²) < 4.78 is 17.2. The molecule has 97 heavy (non-hydrogen) atoms. The lowest BCUT2D eigenvalue weighted by Gasteiger charge is -1.97. The second-order valence-electron chi connectivity index (χ2n) is 24.1. The molecule has 0 unspecified atom stereocenters. The maximum absolute atomic E-state index is 5.78. The summed E-state index contributed by atoms with van der Waals surface area (Å²) >= 11 is 0. The average molecular weight is 1260 g/mol. The van der Waals surface area contributed by atoms with E-state index in [1.54, 1.807) is 0 Å². The van der Waals surface area contributed by atoms with Gasteiger partial charge in [0, 0.05) is 95.9 Å². The zero-order valence-corrected chi connectivity index (χ0v) is 55.9. The van der Waals surface area contributed by atoms with Crippen LogP contribution in [0.2, 0.25) is 0 Å². The van der Waals surface area contributed by atoms with E-state index in [0.717, 1.165) is 61.3 Å². The molecule has 0 N–H and O–H groups in total. The zero-order chi connectivity index (χ0) is 67.0. The first-order valence-corrected chi connectivity index (χ1v) is 32.6. The Balaban J connectivity index is 0.000000106. The van der Waals surface area contributed by atoms with Crippen molar-refractivity contribution >= 4 is 120 Å². The smallest absolute Gasteiger partial charge is 0.138 e. The van der Waals surface area contributed by atoms with Gasteiger partial charge in [-0.15, -0.1) is 0 Å². The number of aryl methyl sites for hydroxylation is 8. The van der Waals surface area contributed by atoms with Gasteiger partial charge in [-0.05, 0) is 180 Å². The first-order chi connectivity index (χ1) is 47.4. The summed E-state index contributed by atoms with van der Waals surface area (Å²) in [6, 6.07) is 94.8. The van der Waals surface area contributed by atoms with Gasteiger partial charge in [-0.25, -0.2) is 0 Å². The fraction of sp³-hybridized carbons (Fsp3) is 0.0899. The molecule has 8 aromatic heterocycles. The molecule has 0 bridgehead atoms. The number of nitrogens with zero attached hydrogens (tertiary/aromatic N) is 5. The highest BCUT2D eigenvalue weighted by Gasteiger charge is 2.09. The van der Waals surface area contributed by atoms with E-state index in [2.05, 4.69) is 243 Å². The number of hydrogen-bond acceptors (Lipinski definition) is 8. The van der Waals surface area contributed by atoms with E-state index in [-0.39, 0.29) is 0 Å². The van der Waals surface area contributed by atoms with Gasteiger partial charge in [0.1, 0.15) is 33.5 Å². The molecule has 0 radical (unpaired) electrons. The van der Waals surface area contributed by atoms with Gasteiger partial charge in [0.05, 0.1) is 22.1 Å². The van der Waals surface area contributed by atoms with Gasteiger partial charge < -0.3 is 13.3 Å². The predicted octanol–water partition coefficient (Wildman–Crippen LogP) is 24.4. The highest BCUT2D eigenvalue weighted by molar-refractivity contribution is 6.07. The molecule has 0 aliphatic carbocycles. The molecule has 0 saturated carbocycles. The van der Waals surface area contributed by atoms with Crippen LogP contribution in [-0.2, 0) is 0 Å². The van der Waals surface area contributed by atoms with Crippen molar-refractivity contribution < 1.29 is 13.3 Å². The van der Waals surface area contributed by atoms with E-state index in [9.17, 15) is 0 Å². The first-order valence-electron chi connectivity index (χ1n) is 32.6. The van der Waals surface area contributed by atoms with Crippen molar-refractivity contribution in [1.82, 2.24) is 24.9 Å². The Morgan fingerprint density at radius 3 is 1.31 bits per heavy atom. The number of rotatable bonds is 0. The number of fused-ring (bicyclic) bond motifs is 14. The van der Waals surface area contributed by atoms with Crippen LogP contribution in [0.4, 0.5) is 0 Å². The minimum atomic E-state index is 0.966. The second kappa shape index (κ2) is 30.7. The summed E-state index contributed by atoms with van der Waals surface area (Å²) in [5.41, 5.74) is 20.0. The van der Waals surface area contributed by atoms with Crippen LogP contribution in [0.15, 0.2) is 323 Å². The van der Waals surface area contributed by atoms with Crippen LogP contribution in [-0.4, -0.2) is 24.9 Å². The van der Waals surface area contributed by atoms with Gasteiger partial charge in [-0.2, -0.15) is 0 Å². The topological polar surface area (TPSA) is 104 Å². The fourth-order valence-electron chi connectivity index (χ4n) is 11.6. The minimum Gasteiger partial charge on any atom is -0.456 e. The van der Waals surface area contributed by atoms with Gasteiger partial charge in [0.2, 0.25) is 0 Å². The Hall–Kier alpha value is -12.1. The second-order valence-corrected chi connectivity index (χ2v) is 24.1. The lowest BCUT2D eigenvalue weighted by Crippen LogP contribution is -1.80. The standard InChI is InChI=1S/3C13H10O.5C10H9N/c1-9-5-4-7-11-10-6-2-3-8-12(10)14-13(9)11;1-9-6-7-13-11(8-9)10-4-2-3-5-12(10)14-13;1-9-6-7-11-10-4-2-3-5-12(10)14-13(11)8-9;1-8-4-2-5-9-6-3-7-11-10(8)9;1-8-4-5-10-9(7-8)3-2-6-11-10;2*1-8-4-5-9-3-2-6-11-10(9)7-8;1-8-10-5-3-2-4-9(10)6-7-11-8/h3*2-8H,1H3;5*2-7H,1H3. The van der Waals surface area contributed by atoms with Crippen molar-refractivity contribution in [3.05, 3.63) is 355 Å². The van der Waals surface area contributed by atoms with Crippen molar-refractivity contribution in [3.63, 3.8) is 0 Å². The molecule has 8 nitrogen and oxygen atoms in total. The molecule has 8 heterocycles. The predicted molar refractivity (Wildman–Crippen MR) is 408 cm³/mol. The maximum Gasteiger partial charge on any atom is 0.138 e. The van der Waals surface area contributed by atoms with Crippen LogP contribution >= 0.6 is 0 Å². The van der Waals surface area contributed by atoms with Gasteiger partial charge in [-0.3, -0.25) is 24.9 Å². The van der Waals surface area contributed by atoms with Gasteiger partial charge in [0.15, 0.2) is 0 Å². The van der Waals surface area contributed by atoms with Crippen molar-refractivity contribution in [1.29, 1.82) is 0 Å². The third kappa shape index (κ3) is 16.1. The Kier molecular flexibility index (Phi) is 20.6. The molecule has 0 saturated heterocycles. The van der Waals surface area contributed by atoms with Crippen LogP contribution in [0.5, 0.6) is 0 Å². The number of hydrogen-bond donors (Lipinski definition) is 0. The van der Waals surface area contributed by atoms with E-state index in [4.69, 9.17) is 13.3 Å². The summed E-state index contributed by atoms with van der Waals surface area (Å²) in [5, 5.41) is 14.6. The molecule has 8 heteroatoms. The van der Waals surface area contributed by atoms with E-state index in [0.29, 0.717) is 0 Å². The number of pyridine rings is 5. The summed E-state index contributed by atoms with van der Waals surface area (Å²) in [6.45, 7) is 16.6. The van der Waals surface area contributed by atoms with Crippen LogP contribution in [0.1, 0.15) is 44.6 Å². The SMILES string of the molecule is Cc1ccc2c(c1)oc1ccccc12.Cc1ccc2cccnc2c1.Cc1ccc2cccnc2c1.Cc1ccc2ncccc2c1.Cc1ccc2oc3ccccc3c2c1.Cc1cccc2c1oc1ccccc12.Cc1cccc2cccnc12.Cc1nccc2ccccc12. The molecular weight excluding hydrogens is 1190 g/mol. The summed E-state index contributed by atoms with van der Waals surface area (Å²) in [5.74, 6) is 0. The summed E-state index contributed by atoms with van der Waals surface area (Å²) in [4.78, 5) is 21.2. The lowest BCUT2D eigenvalue weighted by molar-refractivity contribution is 0.665. The van der Waals surface area contributed by atoms with Crippen LogP contribution in [0.3, 0.4) is 0 Å². The normalized spacial score (nSPS) is 10.7. The third-order valence-corrected chi connectivity index (χ3v) is 16.7. The quantitative estimate of drug-likeness (QED) is 0.148. The fourth-order valence-corrected chi connectivity index (χ4v) is 11.6. The Morgan fingerprint density at radius 2 is 0.649 bits per heavy atom. The Bertz CT molecular complexity index is 5560. The van der Waals surface area contributed by atoms with Gasteiger partial charge >= 0.3 is 0 Å². The van der Waals surface area contributed by atoms with Crippen molar-refractivity contribution in [2.24, 2.45) is 0 Å². The molecule has 11 aromatic carbocycles. The largest absolute Gasteiger partial charge is 0.456 e. The molecule has 0 aliphatic heterocycles. The van der Waals surface area contributed by atoms with Crippen molar-refractivity contribution in [2.45, 2.75) is 55.4 Å². The average Bonchev–Trinajstić information content (AvgIpc) is 1.67. The molecule has 0 atom stereocenters. The molecule has 0 spiro atoms. The number of para-hydroxylation sites is 5. The van der Waals surface area contributed by atoms with Gasteiger partial charge in [0.25, 0.3) is 0 Å². The molecule has 0 aliphatic rings. The highest BCUT2D eigenvalue weighted by atomic mass is 16.3. The third-order valence-electron chi connectivity index (χ3n) is 16.7. The Labute approximate surface area is 565 Å². The first kappa shape index (κ1) is 65.0. The monoisotopic (exact) mass is 1260 g/mol. The molecule has 19 aromatic rings. The molecule has 0 fully saturated rings. The van der Waals surface area contributed by atoms with Crippen LogP contribution in [0, 0.1) is 55.4 Å². The van der Waals surface area contributed by atoms with Crippen molar-refractivity contribution in [2.75, 3.05) is 0 Å². The highest BCUT2D eigenvalue weighted by Crippen LogP contribution is 2.32. The maximum atomic E-state index is 5.78. The number of benzene rings is 11. The van der Waals surface area contributed by atoms with E-state index in [1.165, 1.54) is 104 Å². The summed E-state index contributed by atoms with van der Waals surface area (Å²) in [6.07, 6.45) is 9.13. The molecule has 19 rings (SSSR count). The van der Waals surface area contributed by atoms with Crippen LogP contribution in [0.25, 0.3) is 120 Å². The van der Waals surface area contributed by atoms with E-state index < -0.39 is 0 Å². The summed E-state index contributed by atoms with van der Waals surface area (Å²) in [7, 11) is 0. The molecule has 0 amide bonds.